The van der Waals surface area contributed by atoms with Crippen molar-refractivity contribution in [1.82, 2.24) is 0 Å². The molecule has 2 fully saturated rings. The molecule has 0 N–H and O–H groups in total. The molecule has 7 aromatic rings. The first-order valence-corrected chi connectivity index (χ1v) is 21.4. The number of nitrogens with zero attached hydrogens (tertiary/aromatic N) is 2. The molecule has 0 spiro atoms. The second-order valence-electron chi connectivity index (χ2n) is 17.2. The molecule has 3 heterocycles. The van der Waals surface area contributed by atoms with Crippen LogP contribution in [0.3, 0.4) is 0 Å². The molecule has 3 aliphatic heterocycles. The first-order chi connectivity index (χ1) is 28.7. The number of fused-ring (bicyclic) bond motifs is 5. The van der Waals surface area contributed by atoms with E-state index in [2.05, 4.69) is 207 Å². The van der Waals surface area contributed by atoms with Gasteiger partial charge in [0.15, 0.2) is 0 Å². The summed E-state index contributed by atoms with van der Waals surface area (Å²) in [6.07, 6.45) is 5.27. The maximum absolute atomic E-state index is 6.63. The Kier molecular flexibility index (Phi) is 9.31. The van der Waals surface area contributed by atoms with Gasteiger partial charge in [0.2, 0.25) is 0 Å². The highest BCUT2D eigenvalue weighted by molar-refractivity contribution is 5.85. The number of ether oxygens (including phenoxy) is 2. The Balaban J connectivity index is 1.05. The highest BCUT2D eigenvalue weighted by Crippen LogP contribution is 2.58. The van der Waals surface area contributed by atoms with E-state index in [1.165, 1.54) is 44.5 Å². The van der Waals surface area contributed by atoms with E-state index in [1.54, 1.807) is 0 Å². The Morgan fingerprint density at radius 2 is 0.898 bits per heavy atom. The molecule has 3 atom stereocenters. The van der Waals surface area contributed by atoms with Crippen molar-refractivity contribution in [2.75, 3.05) is 16.4 Å². The van der Waals surface area contributed by atoms with Gasteiger partial charge in [-0.2, -0.15) is 0 Å². The van der Waals surface area contributed by atoms with E-state index >= 15 is 0 Å². The smallest absolute Gasteiger partial charge is 0.0920 e. The van der Waals surface area contributed by atoms with Crippen molar-refractivity contribution in [2.45, 2.75) is 76.6 Å². The lowest BCUT2D eigenvalue weighted by molar-refractivity contribution is -0.0662. The molecule has 0 aromatic heterocycles. The van der Waals surface area contributed by atoms with Crippen molar-refractivity contribution in [3.8, 4) is 22.3 Å². The first-order valence-electron chi connectivity index (χ1n) is 21.4. The SMILES string of the molecule is CCc1ccc(-c2cccc(N(c3ccccc3)c3cccc(N(c4ccccc4)c4cccc(-c5ccc6c(c5)C5(C)CCC6(C)O5)c4)c3)c2)cc1C1(C)CCCO1. The lowest BCUT2D eigenvalue weighted by atomic mass is 9.77. The number of anilines is 6. The van der Waals surface area contributed by atoms with Crippen molar-refractivity contribution in [2.24, 2.45) is 0 Å². The fourth-order valence-corrected chi connectivity index (χ4v) is 10.1. The maximum Gasteiger partial charge on any atom is 0.0920 e. The Hall–Kier alpha value is -5.94. The number of rotatable bonds is 10. The molecule has 7 aromatic carbocycles. The molecule has 3 aliphatic rings. The van der Waals surface area contributed by atoms with Crippen molar-refractivity contribution in [1.29, 1.82) is 0 Å². The van der Waals surface area contributed by atoms with Crippen LogP contribution in [0.4, 0.5) is 34.1 Å². The second kappa shape index (κ2) is 14.7. The zero-order valence-corrected chi connectivity index (χ0v) is 34.6. The monoisotopic (exact) mass is 772 g/mol. The average Bonchev–Trinajstić information content (AvgIpc) is 3.94. The van der Waals surface area contributed by atoms with Crippen LogP contribution in [0.1, 0.15) is 75.6 Å². The summed E-state index contributed by atoms with van der Waals surface area (Å²) in [5, 5.41) is 0. The van der Waals surface area contributed by atoms with Gasteiger partial charge in [0.25, 0.3) is 0 Å². The molecule has 4 nitrogen and oxygen atoms in total. The van der Waals surface area contributed by atoms with Gasteiger partial charge in [-0.3, -0.25) is 0 Å². The zero-order valence-electron chi connectivity index (χ0n) is 34.6. The fourth-order valence-electron chi connectivity index (χ4n) is 10.1. The summed E-state index contributed by atoms with van der Waals surface area (Å²) in [7, 11) is 0. The summed E-state index contributed by atoms with van der Waals surface area (Å²) >= 11 is 0. The molecular weight excluding hydrogens is 721 g/mol. The largest absolute Gasteiger partial charge is 0.371 e. The highest BCUT2D eigenvalue weighted by atomic mass is 16.5. The predicted octanol–water partition coefficient (Wildman–Crippen LogP) is 14.8. The quantitative estimate of drug-likeness (QED) is 0.138. The molecule has 10 rings (SSSR count). The predicted molar refractivity (Wildman–Crippen MR) is 244 cm³/mol. The summed E-state index contributed by atoms with van der Waals surface area (Å²) < 4.78 is 13.0. The summed E-state index contributed by atoms with van der Waals surface area (Å²) in [5.41, 5.74) is 16.1. The van der Waals surface area contributed by atoms with E-state index < -0.39 is 0 Å². The molecule has 2 bridgehead atoms. The number of hydrogen-bond donors (Lipinski definition) is 0. The normalized spacial score (nSPS) is 21.7. The van der Waals surface area contributed by atoms with Gasteiger partial charge in [0.05, 0.1) is 16.8 Å². The first kappa shape index (κ1) is 37.3. The van der Waals surface area contributed by atoms with Gasteiger partial charge in [-0.1, -0.05) is 97.9 Å². The van der Waals surface area contributed by atoms with E-state index in [9.17, 15) is 0 Å². The third-order valence-corrected chi connectivity index (χ3v) is 13.2. The van der Waals surface area contributed by atoms with E-state index in [0.717, 1.165) is 72.8 Å². The summed E-state index contributed by atoms with van der Waals surface area (Å²) in [4.78, 5) is 4.74. The zero-order chi connectivity index (χ0) is 40.2. The lowest BCUT2D eigenvalue weighted by Crippen LogP contribution is -2.22. The number of para-hydroxylation sites is 2. The molecule has 3 unspecified atom stereocenters. The molecule has 294 valence electrons. The van der Waals surface area contributed by atoms with Crippen LogP contribution in [0.5, 0.6) is 0 Å². The minimum Gasteiger partial charge on any atom is -0.371 e. The van der Waals surface area contributed by atoms with Crippen LogP contribution in [0, 0.1) is 0 Å². The summed E-state index contributed by atoms with van der Waals surface area (Å²) in [5.74, 6) is 0. The Labute approximate surface area is 349 Å². The third-order valence-electron chi connectivity index (χ3n) is 13.2. The van der Waals surface area contributed by atoms with Crippen LogP contribution in [-0.4, -0.2) is 6.61 Å². The third kappa shape index (κ3) is 6.65. The summed E-state index contributed by atoms with van der Waals surface area (Å²) in [6.45, 7) is 9.84. The van der Waals surface area contributed by atoms with Gasteiger partial charge in [0.1, 0.15) is 0 Å². The van der Waals surface area contributed by atoms with Gasteiger partial charge in [-0.05, 0) is 176 Å². The second-order valence-corrected chi connectivity index (χ2v) is 17.2. The van der Waals surface area contributed by atoms with E-state index in [-0.39, 0.29) is 16.8 Å². The lowest BCUT2D eigenvalue weighted by Gasteiger charge is -2.30. The van der Waals surface area contributed by atoms with Crippen molar-refractivity contribution < 1.29 is 9.47 Å². The summed E-state index contributed by atoms with van der Waals surface area (Å²) in [6, 6.07) is 62.2. The molecule has 0 saturated carbocycles. The van der Waals surface area contributed by atoms with Crippen molar-refractivity contribution in [3.63, 3.8) is 0 Å². The molecule has 0 radical (unpaired) electrons. The maximum atomic E-state index is 6.63. The minimum atomic E-state index is -0.244. The van der Waals surface area contributed by atoms with Crippen LogP contribution in [-0.2, 0) is 32.7 Å². The van der Waals surface area contributed by atoms with Crippen molar-refractivity contribution >= 4 is 34.1 Å². The molecule has 59 heavy (non-hydrogen) atoms. The topological polar surface area (TPSA) is 24.9 Å². The van der Waals surface area contributed by atoms with Gasteiger partial charge >= 0.3 is 0 Å². The number of aryl methyl sites for hydroxylation is 1. The van der Waals surface area contributed by atoms with Gasteiger partial charge in [-0.15, -0.1) is 0 Å². The standard InChI is InChI=1S/C55H52N2O2/c1-5-39-26-27-42(36-51(39)53(2)30-15-33-58-53)40-16-12-22-46(34-40)56(44-18-8-6-9-19-44)48-24-14-25-49(38-48)57(45-20-10-7-11-21-45)47-23-13-17-41(35-47)43-28-29-50-52(37-43)55(4)32-31-54(50,3)59-55/h6-14,16-29,34-38H,5,15,30-33H2,1-4H3. The molecule has 0 aliphatic carbocycles. The molecule has 2 saturated heterocycles. The van der Waals surface area contributed by atoms with Gasteiger partial charge < -0.3 is 19.3 Å². The van der Waals surface area contributed by atoms with E-state index in [1.807, 2.05) is 0 Å². The van der Waals surface area contributed by atoms with Crippen molar-refractivity contribution in [3.05, 3.63) is 192 Å². The van der Waals surface area contributed by atoms with Crippen LogP contribution in [0.2, 0.25) is 0 Å². The minimum absolute atomic E-state index is 0.179. The molecule has 0 amide bonds. The Bertz CT molecular complexity index is 2650. The Morgan fingerprint density at radius 3 is 1.44 bits per heavy atom. The van der Waals surface area contributed by atoms with E-state index in [4.69, 9.17) is 9.47 Å². The number of benzene rings is 7. The number of hydrogen-bond acceptors (Lipinski definition) is 4. The highest BCUT2D eigenvalue weighted by Gasteiger charge is 2.54. The average molecular weight is 773 g/mol. The van der Waals surface area contributed by atoms with Gasteiger partial charge in [-0.25, -0.2) is 0 Å². The molecule has 4 heteroatoms. The Morgan fingerprint density at radius 1 is 0.424 bits per heavy atom. The van der Waals surface area contributed by atoms with Crippen LogP contribution < -0.4 is 9.80 Å². The van der Waals surface area contributed by atoms with Crippen LogP contribution >= 0.6 is 0 Å². The van der Waals surface area contributed by atoms with Crippen LogP contribution in [0.25, 0.3) is 22.3 Å². The van der Waals surface area contributed by atoms with Crippen LogP contribution in [0.15, 0.2) is 170 Å². The fraction of sp³-hybridized carbons (Fsp3) is 0.236. The van der Waals surface area contributed by atoms with E-state index in [0.29, 0.717) is 0 Å². The van der Waals surface area contributed by atoms with Gasteiger partial charge in [0, 0.05) is 40.7 Å². The molecular formula is C55H52N2O2.